The molecule has 0 radical (unpaired) electrons. The highest BCUT2D eigenvalue weighted by molar-refractivity contribution is 6.06. The van der Waals surface area contributed by atoms with E-state index in [0.717, 1.165) is 11.0 Å². The van der Waals surface area contributed by atoms with E-state index in [1.165, 1.54) is 0 Å². The fourth-order valence-corrected chi connectivity index (χ4v) is 2.23. The van der Waals surface area contributed by atoms with Crippen LogP contribution in [0.3, 0.4) is 0 Å². The summed E-state index contributed by atoms with van der Waals surface area (Å²) in [6, 6.07) is 13.7. The second kappa shape index (κ2) is 6.62. The number of H-pyrrole nitrogens is 1. The first-order valence-electron chi connectivity index (χ1n) is 7.17. The number of hydrogen-bond acceptors (Lipinski definition) is 4. The molecule has 0 saturated carbocycles. The summed E-state index contributed by atoms with van der Waals surface area (Å²) in [6.07, 6.45) is 1.35. The Balaban J connectivity index is 1.74. The molecule has 2 aromatic carbocycles. The van der Waals surface area contributed by atoms with Crippen molar-refractivity contribution >= 4 is 34.2 Å². The quantitative estimate of drug-likeness (QED) is 0.686. The van der Waals surface area contributed by atoms with Crippen LogP contribution in [-0.2, 0) is 4.79 Å². The molecule has 0 bridgehead atoms. The van der Waals surface area contributed by atoms with E-state index in [1.807, 2.05) is 0 Å². The predicted octanol–water partition coefficient (Wildman–Crippen LogP) is 2.67. The van der Waals surface area contributed by atoms with Crippen LogP contribution in [0.5, 0.6) is 0 Å². The fraction of sp³-hybridized carbons (Fsp3) is 0.0588. The highest BCUT2D eigenvalue weighted by atomic mass is 16.2. The van der Waals surface area contributed by atoms with Crippen molar-refractivity contribution in [2.24, 2.45) is 0 Å². The molecule has 3 aromatic rings. The summed E-state index contributed by atoms with van der Waals surface area (Å²) in [7, 11) is 0. The van der Waals surface area contributed by atoms with Gasteiger partial charge in [-0.05, 0) is 36.4 Å². The number of nitrogens with zero attached hydrogens (tertiary/aromatic N) is 2. The summed E-state index contributed by atoms with van der Waals surface area (Å²) in [6.45, 7) is 0. The molecular formula is C17H13N5O2. The highest BCUT2D eigenvalue weighted by Gasteiger charge is 2.09. The van der Waals surface area contributed by atoms with Gasteiger partial charge in [0.1, 0.15) is 6.42 Å². The predicted molar refractivity (Wildman–Crippen MR) is 89.3 cm³/mol. The van der Waals surface area contributed by atoms with E-state index in [1.54, 1.807) is 54.9 Å². The Kier molecular flexibility index (Phi) is 4.21. The SMILES string of the molecule is N#CCC(=O)Nc1cccc(NC(=O)c2ccc3nc[nH]c3c2)c1. The molecule has 1 aromatic heterocycles. The summed E-state index contributed by atoms with van der Waals surface area (Å²) in [5.41, 5.74) is 3.11. The zero-order valence-electron chi connectivity index (χ0n) is 12.5. The molecule has 24 heavy (non-hydrogen) atoms. The Morgan fingerprint density at radius 3 is 2.71 bits per heavy atom. The second-order valence-electron chi connectivity index (χ2n) is 5.05. The second-order valence-corrected chi connectivity index (χ2v) is 5.05. The first-order chi connectivity index (χ1) is 11.7. The van der Waals surface area contributed by atoms with Gasteiger partial charge in [-0.2, -0.15) is 5.26 Å². The molecular weight excluding hydrogens is 306 g/mol. The number of amides is 2. The number of benzene rings is 2. The fourth-order valence-electron chi connectivity index (χ4n) is 2.23. The lowest BCUT2D eigenvalue weighted by molar-refractivity contribution is -0.115. The van der Waals surface area contributed by atoms with Crippen molar-refractivity contribution in [3.05, 3.63) is 54.4 Å². The van der Waals surface area contributed by atoms with E-state index in [9.17, 15) is 9.59 Å². The van der Waals surface area contributed by atoms with Gasteiger partial charge in [-0.15, -0.1) is 0 Å². The normalized spacial score (nSPS) is 10.1. The minimum atomic E-state index is -0.398. The van der Waals surface area contributed by atoms with E-state index >= 15 is 0 Å². The van der Waals surface area contributed by atoms with Crippen LogP contribution in [0.1, 0.15) is 16.8 Å². The maximum atomic E-state index is 12.3. The third-order valence-electron chi connectivity index (χ3n) is 3.33. The first kappa shape index (κ1) is 15.2. The monoisotopic (exact) mass is 319 g/mol. The van der Waals surface area contributed by atoms with Crippen LogP contribution in [0, 0.1) is 11.3 Å². The largest absolute Gasteiger partial charge is 0.345 e. The topological polar surface area (TPSA) is 111 Å². The molecule has 2 amide bonds. The standard InChI is InChI=1S/C17H13N5O2/c18-7-6-16(23)21-12-2-1-3-13(9-12)22-17(24)11-4-5-14-15(8-11)20-10-19-14/h1-5,8-10H,6H2,(H,19,20)(H,21,23)(H,22,24). The molecule has 0 atom stereocenters. The van der Waals surface area contributed by atoms with Gasteiger partial charge >= 0.3 is 0 Å². The zero-order valence-corrected chi connectivity index (χ0v) is 12.5. The van der Waals surface area contributed by atoms with Crippen LogP contribution in [-0.4, -0.2) is 21.8 Å². The van der Waals surface area contributed by atoms with Gasteiger partial charge < -0.3 is 15.6 Å². The number of nitrogens with one attached hydrogen (secondary N) is 3. The summed E-state index contributed by atoms with van der Waals surface area (Å²) in [5, 5.41) is 13.9. The number of hydrogen-bond donors (Lipinski definition) is 3. The highest BCUT2D eigenvalue weighted by Crippen LogP contribution is 2.17. The Morgan fingerprint density at radius 2 is 1.92 bits per heavy atom. The van der Waals surface area contributed by atoms with E-state index in [0.29, 0.717) is 16.9 Å². The summed E-state index contributed by atoms with van der Waals surface area (Å²) >= 11 is 0. The van der Waals surface area contributed by atoms with Crippen LogP contribution >= 0.6 is 0 Å². The molecule has 1 heterocycles. The van der Waals surface area contributed by atoms with Crippen molar-refractivity contribution in [1.29, 1.82) is 5.26 Å². The van der Waals surface area contributed by atoms with E-state index in [-0.39, 0.29) is 12.3 Å². The van der Waals surface area contributed by atoms with Crippen molar-refractivity contribution in [3.8, 4) is 6.07 Å². The lowest BCUT2D eigenvalue weighted by atomic mass is 10.2. The Bertz CT molecular complexity index is 955. The Labute approximate surface area is 137 Å². The maximum Gasteiger partial charge on any atom is 0.255 e. The van der Waals surface area contributed by atoms with E-state index < -0.39 is 5.91 Å². The van der Waals surface area contributed by atoms with E-state index in [2.05, 4.69) is 20.6 Å². The number of rotatable bonds is 4. The van der Waals surface area contributed by atoms with Gasteiger partial charge in [0.05, 0.1) is 23.4 Å². The number of aromatic nitrogens is 2. The molecule has 3 rings (SSSR count). The number of nitriles is 1. The number of imidazole rings is 1. The summed E-state index contributed by atoms with van der Waals surface area (Å²) in [4.78, 5) is 30.8. The molecule has 0 saturated heterocycles. The molecule has 118 valence electrons. The van der Waals surface area contributed by atoms with Gasteiger partial charge in [-0.1, -0.05) is 6.07 Å². The molecule has 7 heteroatoms. The average Bonchev–Trinajstić information content (AvgIpc) is 3.03. The Hall–Kier alpha value is -3.66. The van der Waals surface area contributed by atoms with Crippen LogP contribution < -0.4 is 10.6 Å². The lowest BCUT2D eigenvalue weighted by Crippen LogP contribution is -2.13. The molecule has 0 aliphatic carbocycles. The Morgan fingerprint density at radius 1 is 1.12 bits per heavy atom. The van der Waals surface area contributed by atoms with Crippen LogP contribution in [0.15, 0.2) is 48.8 Å². The maximum absolute atomic E-state index is 12.3. The molecule has 0 fully saturated rings. The number of aromatic amines is 1. The third kappa shape index (κ3) is 3.39. The van der Waals surface area contributed by atoms with E-state index in [4.69, 9.17) is 5.26 Å². The average molecular weight is 319 g/mol. The van der Waals surface area contributed by atoms with Crippen LogP contribution in [0.4, 0.5) is 11.4 Å². The lowest BCUT2D eigenvalue weighted by Gasteiger charge is -2.08. The minimum absolute atomic E-state index is 0.221. The third-order valence-corrected chi connectivity index (χ3v) is 3.33. The first-order valence-corrected chi connectivity index (χ1v) is 7.17. The van der Waals surface area contributed by atoms with Crippen molar-refractivity contribution < 1.29 is 9.59 Å². The zero-order chi connectivity index (χ0) is 16.9. The van der Waals surface area contributed by atoms with Crippen molar-refractivity contribution in [2.75, 3.05) is 10.6 Å². The van der Waals surface area contributed by atoms with Crippen molar-refractivity contribution in [1.82, 2.24) is 9.97 Å². The van der Waals surface area contributed by atoms with Gasteiger partial charge in [0.25, 0.3) is 5.91 Å². The smallest absolute Gasteiger partial charge is 0.255 e. The van der Waals surface area contributed by atoms with Gasteiger partial charge in [0.15, 0.2) is 0 Å². The number of carbonyl (C=O) groups is 2. The molecule has 3 N–H and O–H groups in total. The number of fused-ring (bicyclic) bond motifs is 1. The van der Waals surface area contributed by atoms with Crippen molar-refractivity contribution in [2.45, 2.75) is 6.42 Å². The molecule has 0 spiro atoms. The molecule has 0 aliphatic heterocycles. The molecule has 0 unspecified atom stereocenters. The van der Waals surface area contributed by atoms with Crippen molar-refractivity contribution in [3.63, 3.8) is 0 Å². The minimum Gasteiger partial charge on any atom is -0.345 e. The van der Waals surface area contributed by atoms with Crippen LogP contribution in [0.25, 0.3) is 11.0 Å². The molecule has 7 nitrogen and oxygen atoms in total. The number of anilines is 2. The van der Waals surface area contributed by atoms with Gasteiger partial charge in [-0.25, -0.2) is 4.98 Å². The van der Waals surface area contributed by atoms with Gasteiger partial charge in [0, 0.05) is 16.9 Å². The molecule has 0 aliphatic rings. The van der Waals surface area contributed by atoms with Crippen LogP contribution in [0.2, 0.25) is 0 Å². The van der Waals surface area contributed by atoms with Gasteiger partial charge in [0.2, 0.25) is 5.91 Å². The summed E-state index contributed by atoms with van der Waals surface area (Å²) in [5.74, 6) is -0.669. The van der Waals surface area contributed by atoms with Gasteiger partial charge in [-0.3, -0.25) is 9.59 Å². The number of carbonyl (C=O) groups excluding carboxylic acids is 2. The summed E-state index contributed by atoms with van der Waals surface area (Å²) < 4.78 is 0.